The molecule has 0 aliphatic carbocycles. The number of nitrogens with one attached hydrogen (secondary N) is 1. The molecule has 23 heavy (non-hydrogen) atoms. The number of hydrogen-bond donors (Lipinski definition) is 1. The van der Waals surface area contributed by atoms with Crippen LogP contribution in [0, 0.1) is 0 Å². The lowest BCUT2D eigenvalue weighted by Crippen LogP contribution is -2.38. The molecule has 1 saturated heterocycles. The Bertz CT molecular complexity index is 504. The predicted octanol–water partition coefficient (Wildman–Crippen LogP) is 2.69. The third kappa shape index (κ3) is 6.29. The van der Waals surface area contributed by atoms with Gasteiger partial charge in [-0.1, -0.05) is 0 Å². The summed E-state index contributed by atoms with van der Waals surface area (Å²) in [5.41, 5.74) is 0. The number of amides is 2. The first kappa shape index (κ1) is 19.0. The van der Waals surface area contributed by atoms with Crippen molar-refractivity contribution in [1.29, 1.82) is 0 Å². The largest absolute Gasteiger partial charge is 0.442 e. The molecule has 9 heteroatoms. The second-order valence-electron chi connectivity index (χ2n) is 5.05. The number of allylic oxidation sites excluding steroid dienone is 3. The molecule has 2 atom stereocenters. The highest BCUT2D eigenvalue weighted by atomic mass is 19.3. The molecule has 1 rings (SSSR count). The molecule has 0 aromatic carbocycles. The van der Waals surface area contributed by atoms with Gasteiger partial charge in [0.2, 0.25) is 0 Å². The third-order valence-corrected chi connectivity index (χ3v) is 3.10. The number of nitrogens with zero attached hydrogens (tertiary/aromatic N) is 1. The second kappa shape index (κ2) is 8.54. The van der Waals surface area contributed by atoms with E-state index in [1.54, 1.807) is 0 Å². The van der Waals surface area contributed by atoms with E-state index in [9.17, 15) is 27.2 Å². The molecule has 1 aliphatic heterocycles. The number of carbonyl (C=O) groups is 2. The quantitative estimate of drug-likeness (QED) is 0.726. The van der Waals surface area contributed by atoms with E-state index in [0.29, 0.717) is 0 Å². The summed E-state index contributed by atoms with van der Waals surface area (Å²) in [6, 6.07) is -0.661. The standard InChI is InChI=1S/C14H18F4N2O3/c1-8(15)3-4-10(16)5-9(2)20-7-11(23-14(20)22)6-19-13(21)12(17)18/h3,5,9,11-12H,4,6-7H2,1-2H3,(H,19,21)/b8-3+,10-5+. The lowest BCUT2D eigenvalue weighted by molar-refractivity contribution is -0.132. The summed E-state index contributed by atoms with van der Waals surface area (Å²) in [5, 5.41) is 1.95. The van der Waals surface area contributed by atoms with Crippen LogP contribution in [0.2, 0.25) is 0 Å². The maximum absolute atomic E-state index is 13.6. The van der Waals surface area contributed by atoms with Crippen LogP contribution in [0.15, 0.2) is 23.8 Å². The number of carbonyl (C=O) groups excluding carboxylic acids is 2. The van der Waals surface area contributed by atoms with E-state index < -0.39 is 42.2 Å². The van der Waals surface area contributed by atoms with E-state index in [2.05, 4.69) is 0 Å². The number of hydrogen-bond acceptors (Lipinski definition) is 3. The van der Waals surface area contributed by atoms with Crippen molar-refractivity contribution in [1.82, 2.24) is 10.2 Å². The van der Waals surface area contributed by atoms with Crippen LogP contribution >= 0.6 is 0 Å². The highest BCUT2D eigenvalue weighted by molar-refractivity contribution is 5.79. The number of cyclic esters (lactones) is 1. The fourth-order valence-corrected chi connectivity index (χ4v) is 1.93. The van der Waals surface area contributed by atoms with Crippen molar-refractivity contribution in [2.24, 2.45) is 0 Å². The Kier molecular flexibility index (Phi) is 7.05. The maximum Gasteiger partial charge on any atom is 0.410 e. The molecule has 0 radical (unpaired) electrons. The monoisotopic (exact) mass is 338 g/mol. The second-order valence-corrected chi connectivity index (χ2v) is 5.05. The van der Waals surface area contributed by atoms with E-state index >= 15 is 0 Å². The highest BCUT2D eigenvalue weighted by Gasteiger charge is 2.34. The molecule has 0 aromatic rings. The van der Waals surface area contributed by atoms with E-state index in [1.165, 1.54) is 18.7 Å². The van der Waals surface area contributed by atoms with Gasteiger partial charge in [-0.2, -0.15) is 8.78 Å². The normalized spacial score (nSPS) is 20.7. The Morgan fingerprint density at radius 3 is 2.70 bits per heavy atom. The van der Waals surface area contributed by atoms with Crippen molar-refractivity contribution in [3.8, 4) is 0 Å². The van der Waals surface area contributed by atoms with Gasteiger partial charge >= 0.3 is 12.5 Å². The van der Waals surface area contributed by atoms with Crippen molar-refractivity contribution in [2.75, 3.05) is 13.1 Å². The minimum absolute atomic E-state index is 0.0191. The number of halogens is 4. The van der Waals surface area contributed by atoms with Crippen LogP contribution in [0.25, 0.3) is 0 Å². The van der Waals surface area contributed by atoms with Crippen LogP contribution < -0.4 is 5.32 Å². The van der Waals surface area contributed by atoms with Crippen molar-refractivity contribution in [3.05, 3.63) is 23.8 Å². The van der Waals surface area contributed by atoms with Crippen LogP contribution in [-0.4, -0.2) is 48.6 Å². The SMILES string of the molecule is C/C(F)=C\C/C(F)=C\C(C)N1CC(CNC(=O)C(F)F)OC1=O. The molecule has 1 fully saturated rings. The molecule has 5 nitrogen and oxygen atoms in total. The molecule has 1 N–H and O–H groups in total. The zero-order valence-electron chi connectivity index (χ0n) is 12.7. The fourth-order valence-electron chi connectivity index (χ4n) is 1.93. The molecule has 2 amide bonds. The van der Waals surface area contributed by atoms with Gasteiger partial charge in [-0.15, -0.1) is 0 Å². The molecule has 0 saturated carbocycles. The summed E-state index contributed by atoms with van der Waals surface area (Å²) in [5.74, 6) is -2.58. The van der Waals surface area contributed by atoms with Crippen LogP contribution in [-0.2, 0) is 9.53 Å². The molecular formula is C14H18F4N2O3. The van der Waals surface area contributed by atoms with Gasteiger partial charge in [0.05, 0.1) is 25.0 Å². The first-order valence-electron chi connectivity index (χ1n) is 6.92. The Balaban J connectivity index is 2.54. The minimum Gasteiger partial charge on any atom is -0.442 e. The minimum atomic E-state index is -3.15. The van der Waals surface area contributed by atoms with Gasteiger partial charge in [0, 0.05) is 6.42 Å². The first-order valence-corrected chi connectivity index (χ1v) is 6.92. The van der Waals surface area contributed by atoms with Gasteiger partial charge in [-0.3, -0.25) is 9.69 Å². The summed E-state index contributed by atoms with van der Waals surface area (Å²) in [6.07, 6.45) is -2.72. The predicted molar refractivity (Wildman–Crippen MR) is 74.1 cm³/mol. The fraction of sp³-hybridized carbons (Fsp3) is 0.571. The number of rotatable bonds is 7. The molecule has 130 valence electrons. The molecule has 0 aromatic heterocycles. The van der Waals surface area contributed by atoms with Crippen molar-refractivity contribution in [3.63, 3.8) is 0 Å². The Morgan fingerprint density at radius 2 is 2.13 bits per heavy atom. The van der Waals surface area contributed by atoms with Crippen molar-refractivity contribution < 1.29 is 31.9 Å². The maximum atomic E-state index is 13.6. The van der Waals surface area contributed by atoms with Crippen LogP contribution in [0.4, 0.5) is 22.4 Å². The number of alkyl halides is 2. The average Bonchev–Trinajstić information content (AvgIpc) is 2.83. The van der Waals surface area contributed by atoms with Crippen LogP contribution in [0.5, 0.6) is 0 Å². The zero-order chi connectivity index (χ0) is 17.6. The summed E-state index contributed by atoms with van der Waals surface area (Å²) < 4.78 is 55.1. The first-order chi connectivity index (χ1) is 10.7. The van der Waals surface area contributed by atoms with E-state index in [4.69, 9.17) is 4.74 Å². The van der Waals surface area contributed by atoms with Crippen molar-refractivity contribution in [2.45, 2.75) is 38.8 Å². The zero-order valence-corrected chi connectivity index (χ0v) is 12.7. The van der Waals surface area contributed by atoms with Crippen LogP contribution in [0.1, 0.15) is 20.3 Å². The number of ether oxygens (including phenoxy) is 1. The molecule has 2 unspecified atom stereocenters. The summed E-state index contributed by atoms with van der Waals surface area (Å²) in [6.45, 7) is 2.49. The van der Waals surface area contributed by atoms with Gasteiger partial charge in [0.15, 0.2) is 0 Å². The smallest absolute Gasteiger partial charge is 0.410 e. The van der Waals surface area contributed by atoms with E-state index in [0.717, 1.165) is 12.2 Å². The molecule has 1 heterocycles. The molecule has 0 spiro atoms. The molecular weight excluding hydrogens is 320 g/mol. The Labute approximate surface area is 131 Å². The lowest BCUT2D eigenvalue weighted by atomic mass is 10.2. The van der Waals surface area contributed by atoms with Crippen molar-refractivity contribution >= 4 is 12.0 Å². The Hall–Kier alpha value is -2.06. The van der Waals surface area contributed by atoms with E-state index in [1.807, 2.05) is 5.32 Å². The van der Waals surface area contributed by atoms with Gasteiger partial charge in [0.1, 0.15) is 11.9 Å². The topological polar surface area (TPSA) is 58.6 Å². The Morgan fingerprint density at radius 1 is 1.48 bits per heavy atom. The summed E-state index contributed by atoms with van der Waals surface area (Å²) in [4.78, 5) is 23.6. The van der Waals surface area contributed by atoms with Gasteiger partial charge < -0.3 is 10.1 Å². The highest BCUT2D eigenvalue weighted by Crippen LogP contribution is 2.18. The average molecular weight is 338 g/mol. The van der Waals surface area contributed by atoms with Gasteiger partial charge in [0.25, 0.3) is 5.91 Å². The van der Waals surface area contributed by atoms with Crippen LogP contribution in [0.3, 0.4) is 0 Å². The third-order valence-electron chi connectivity index (χ3n) is 3.10. The van der Waals surface area contributed by atoms with Gasteiger partial charge in [-0.05, 0) is 26.0 Å². The van der Waals surface area contributed by atoms with Gasteiger partial charge in [-0.25, -0.2) is 13.6 Å². The summed E-state index contributed by atoms with van der Waals surface area (Å²) >= 11 is 0. The molecule has 1 aliphatic rings. The molecule has 0 bridgehead atoms. The lowest BCUT2D eigenvalue weighted by Gasteiger charge is -2.18. The summed E-state index contributed by atoms with van der Waals surface area (Å²) in [7, 11) is 0. The van der Waals surface area contributed by atoms with E-state index in [-0.39, 0.29) is 19.5 Å².